The first-order valence-corrected chi connectivity index (χ1v) is 10.3. The topological polar surface area (TPSA) is 32.3 Å². The lowest BCUT2D eigenvalue weighted by atomic mass is 9.94. The molecule has 1 aromatic heterocycles. The van der Waals surface area contributed by atoms with Gasteiger partial charge in [0.05, 0.1) is 0 Å². The highest BCUT2D eigenvalue weighted by Crippen LogP contribution is 2.25. The van der Waals surface area contributed by atoms with Crippen molar-refractivity contribution in [3.05, 3.63) is 52.2 Å². The van der Waals surface area contributed by atoms with E-state index in [2.05, 4.69) is 46.2 Å². The van der Waals surface area contributed by atoms with Crippen LogP contribution in [-0.4, -0.2) is 23.9 Å². The molecule has 1 aromatic carbocycles. The summed E-state index contributed by atoms with van der Waals surface area (Å²) in [5.74, 6) is 0.0963. The Labute approximate surface area is 155 Å². The lowest BCUT2D eigenvalue weighted by Gasteiger charge is -2.31. The molecule has 0 unspecified atom stereocenters. The fraction of sp³-hybridized carbons (Fsp3) is 0.476. The third kappa shape index (κ3) is 5.41. The highest BCUT2D eigenvalue weighted by molar-refractivity contribution is 7.07. The van der Waals surface area contributed by atoms with Gasteiger partial charge < -0.3 is 5.32 Å². The van der Waals surface area contributed by atoms with Crippen LogP contribution in [0.3, 0.4) is 0 Å². The van der Waals surface area contributed by atoms with E-state index >= 15 is 0 Å². The minimum absolute atomic E-state index is 0.0963. The number of benzene rings is 1. The second-order valence-electron chi connectivity index (χ2n) is 7.04. The van der Waals surface area contributed by atoms with E-state index in [-0.39, 0.29) is 5.91 Å². The Morgan fingerprint density at radius 2 is 2.00 bits per heavy atom. The van der Waals surface area contributed by atoms with Gasteiger partial charge in [0.25, 0.3) is 0 Å². The zero-order valence-corrected chi connectivity index (χ0v) is 15.9. The number of hydrogen-bond donors (Lipinski definition) is 1. The lowest BCUT2D eigenvalue weighted by molar-refractivity contribution is -0.116. The van der Waals surface area contributed by atoms with E-state index in [9.17, 15) is 4.79 Å². The summed E-state index contributed by atoms with van der Waals surface area (Å²) in [6, 6.07) is 11.0. The van der Waals surface area contributed by atoms with E-state index in [1.807, 2.05) is 12.1 Å². The van der Waals surface area contributed by atoms with E-state index in [0.29, 0.717) is 12.5 Å². The fourth-order valence-electron chi connectivity index (χ4n) is 3.61. The average molecular weight is 357 g/mol. The molecule has 4 heteroatoms. The molecule has 1 fully saturated rings. The van der Waals surface area contributed by atoms with Gasteiger partial charge in [-0.25, -0.2) is 0 Å². The largest absolute Gasteiger partial charge is 0.326 e. The highest BCUT2D eigenvalue weighted by atomic mass is 32.1. The molecule has 1 amide bonds. The molecule has 1 aliphatic rings. The predicted octanol–water partition coefficient (Wildman–Crippen LogP) is 5.08. The third-order valence-corrected chi connectivity index (χ3v) is 5.86. The van der Waals surface area contributed by atoms with Gasteiger partial charge in [-0.05, 0) is 60.3 Å². The van der Waals surface area contributed by atoms with E-state index in [4.69, 9.17) is 0 Å². The molecule has 0 atom stereocenters. The molecule has 0 saturated heterocycles. The summed E-state index contributed by atoms with van der Waals surface area (Å²) < 4.78 is 0. The molecule has 25 heavy (non-hydrogen) atoms. The van der Waals surface area contributed by atoms with Crippen LogP contribution in [0.4, 0.5) is 5.69 Å². The maximum Gasteiger partial charge on any atom is 0.224 e. The predicted molar refractivity (Wildman–Crippen MR) is 106 cm³/mol. The van der Waals surface area contributed by atoms with Gasteiger partial charge >= 0.3 is 0 Å². The monoisotopic (exact) mass is 356 g/mol. The molecular formula is C21H28N2OS. The van der Waals surface area contributed by atoms with E-state index in [1.165, 1.54) is 43.2 Å². The summed E-state index contributed by atoms with van der Waals surface area (Å²) in [5, 5.41) is 7.29. The average Bonchev–Trinajstić information content (AvgIpc) is 3.16. The van der Waals surface area contributed by atoms with Crippen molar-refractivity contribution in [2.24, 2.45) is 0 Å². The number of aryl methyl sites for hydroxylation is 1. The Kier molecular flexibility index (Phi) is 6.65. The third-order valence-electron chi connectivity index (χ3n) is 5.13. The zero-order chi connectivity index (χ0) is 17.5. The van der Waals surface area contributed by atoms with Gasteiger partial charge in [0.2, 0.25) is 5.91 Å². The molecule has 1 aliphatic carbocycles. The van der Waals surface area contributed by atoms with E-state index < -0.39 is 0 Å². The van der Waals surface area contributed by atoms with Crippen molar-refractivity contribution in [1.29, 1.82) is 0 Å². The minimum atomic E-state index is 0.0963. The van der Waals surface area contributed by atoms with Gasteiger partial charge in [-0.2, -0.15) is 11.3 Å². The van der Waals surface area contributed by atoms with Crippen LogP contribution in [-0.2, 0) is 17.8 Å². The van der Waals surface area contributed by atoms with Gasteiger partial charge in [0, 0.05) is 24.7 Å². The van der Waals surface area contributed by atoms with Crippen molar-refractivity contribution in [2.75, 3.05) is 12.4 Å². The molecule has 1 saturated carbocycles. The second-order valence-corrected chi connectivity index (χ2v) is 7.82. The Hall–Kier alpha value is -1.65. The normalized spacial score (nSPS) is 15.4. The fourth-order valence-corrected chi connectivity index (χ4v) is 4.31. The molecule has 1 heterocycles. The van der Waals surface area contributed by atoms with Crippen LogP contribution in [0.5, 0.6) is 0 Å². The van der Waals surface area contributed by atoms with Crippen LogP contribution in [0.2, 0.25) is 0 Å². The number of thiophene rings is 1. The summed E-state index contributed by atoms with van der Waals surface area (Å²) in [4.78, 5) is 14.8. The summed E-state index contributed by atoms with van der Waals surface area (Å²) in [6.07, 6.45) is 7.99. The number of carbonyl (C=O) groups excluding carboxylic acids is 1. The highest BCUT2D eigenvalue weighted by Gasteiger charge is 2.19. The van der Waals surface area contributed by atoms with Crippen molar-refractivity contribution >= 4 is 22.9 Å². The number of carbonyl (C=O) groups is 1. The van der Waals surface area contributed by atoms with Gasteiger partial charge in [-0.15, -0.1) is 0 Å². The van der Waals surface area contributed by atoms with Crippen molar-refractivity contribution < 1.29 is 4.79 Å². The first kappa shape index (κ1) is 18.2. The van der Waals surface area contributed by atoms with Crippen molar-refractivity contribution in [3.8, 4) is 0 Å². The molecular weight excluding hydrogens is 328 g/mol. The smallest absolute Gasteiger partial charge is 0.224 e. The molecule has 2 aromatic rings. The summed E-state index contributed by atoms with van der Waals surface area (Å²) >= 11 is 1.68. The maximum atomic E-state index is 12.3. The van der Waals surface area contributed by atoms with Crippen LogP contribution in [0, 0.1) is 0 Å². The molecule has 3 rings (SSSR count). The van der Waals surface area contributed by atoms with E-state index in [1.54, 1.807) is 11.3 Å². The Morgan fingerprint density at radius 3 is 2.76 bits per heavy atom. The number of hydrogen-bond acceptors (Lipinski definition) is 3. The van der Waals surface area contributed by atoms with Gasteiger partial charge in [-0.3, -0.25) is 9.69 Å². The van der Waals surface area contributed by atoms with Crippen molar-refractivity contribution in [1.82, 2.24) is 4.90 Å². The van der Waals surface area contributed by atoms with Crippen LogP contribution in [0.15, 0.2) is 41.1 Å². The van der Waals surface area contributed by atoms with Gasteiger partial charge in [0.1, 0.15) is 0 Å². The number of rotatable bonds is 7. The standard InChI is InChI=1S/C21H28N2OS/c1-23(19-8-3-2-4-9-19)15-18-7-5-6-10-20(18)22-21(24)12-11-17-13-14-25-16-17/h5-7,10,13-14,16,19H,2-4,8-9,11-12,15H2,1H3,(H,22,24). The van der Waals surface area contributed by atoms with E-state index in [0.717, 1.165) is 18.7 Å². The number of amides is 1. The Balaban J connectivity index is 1.57. The summed E-state index contributed by atoms with van der Waals surface area (Å²) in [5.41, 5.74) is 3.41. The SMILES string of the molecule is CN(Cc1ccccc1NC(=O)CCc1ccsc1)C1CCCCC1. The number of para-hydroxylation sites is 1. The maximum absolute atomic E-state index is 12.3. The minimum Gasteiger partial charge on any atom is -0.326 e. The number of anilines is 1. The first-order valence-electron chi connectivity index (χ1n) is 9.31. The second kappa shape index (κ2) is 9.16. The molecule has 0 bridgehead atoms. The number of nitrogens with one attached hydrogen (secondary N) is 1. The van der Waals surface area contributed by atoms with Gasteiger partial charge in [-0.1, -0.05) is 37.5 Å². The van der Waals surface area contributed by atoms with Crippen molar-refractivity contribution in [2.45, 2.75) is 57.5 Å². The number of nitrogens with zero attached hydrogens (tertiary/aromatic N) is 1. The summed E-state index contributed by atoms with van der Waals surface area (Å²) in [6.45, 7) is 0.894. The van der Waals surface area contributed by atoms with Crippen LogP contribution < -0.4 is 5.32 Å². The first-order chi connectivity index (χ1) is 12.2. The van der Waals surface area contributed by atoms with Crippen molar-refractivity contribution in [3.63, 3.8) is 0 Å². The molecule has 0 radical (unpaired) electrons. The Morgan fingerprint density at radius 1 is 1.20 bits per heavy atom. The molecule has 1 N–H and O–H groups in total. The zero-order valence-electron chi connectivity index (χ0n) is 15.0. The van der Waals surface area contributed by atoms with Crippen LogP contribution in [0.25, 0.3) is 0 Å². The Bertz CT molecular complexity index is 662. The molecule has 3 nitrogen and oxygen atoms in total. The lowest BCUT2D eigenvalue weighted by Crippen LogP contribution is -2.33. The van der Waals surface area contributed by atoms with Crippen LogP contribution in [0.1, 0.15) is 49.7 Å². The van der Waals surface area contributed by atoms with Gasteiger partial charge in [0.15, 0.2) is 0 Å². The molecule has 0 spiro atoms. The van der Waals surface area contributed by atoms with Crippen LogP contribution >= 0.6 is 11.3 Å². The molecule has 0 aliphatic heterocycles. The molecule has 134 valence electrons. The summed E-state index contributed by atoms with van der Waals surface area (Å²) in [7, 11) is 2.21. The quantitative estimate of drug-likeness (QED) is 0.750.